The summed E-state index contributed by atoms with van der Waals surface area (Å²) in [5.41, 5.74) is 1.04. The molecule has 3 heterocycles. The van der Waals surface area contributed by atoms with Gasteiger partial charge in [-0.05, 0) is 37.2 Å². The summed E-state index contributed by atoms with van der Waals surface area (Å²) in [6.07, 6.45) is 6.08. The van der Waals surface area contributed by atoms with Gasteiger partial charge in [0, 0.05) is 12.5 Å². The number of thioether (sulfide) groups is 1. The first-order valence-corrected chi connectivity index (χ1v) is 7.33. The molecule has 0 radical (unpaired) electrons. The van der Waals surface area contributed by atoms with Gasteiger partial charge in [0.2, 0.25) is 0 Å². The minimum Gasteiger partial charge on any atom is -0.387 e. The summed E-state index contributed by atoms with van der Waals surface area (Å²) in [7, 11) is 0. The number of hydrogen-bond acceptors (Lipinski definition) is 3. The van der Waals surface area contributed by atoms with E-state index in [0.29, 0.717) is 5.92 Å². The number of aliphatic hydroxyl groups excluding tert-OH is 1. The summed E-state index contributed by atoms with van der Waals surface area (Å²) in [6.45, 7) is 1.05. The van der Waals surface area contributed by atoms with E-state index in [9.17, 15) is 5.11 Å². The van der Waals surface area contributed by atoms with Crippen LogP contribution in [0.5, 0.6) is 0 Å². The van der Waals surface area contributed by atoms with Crippen molar-refractivity contribution < 1.29 is 5.11 Å². The maximum Gasteiger partial charge on any atom is 0.112 e. The van der Waals surface area contributed by atoms with E-state index in [1.54, 1.807) is 0 Å². The van der Waals surface area contributed by atoms with Crippen molar-refractivity contribution in [2.75, 3.05) is 11.5 Å². The van der Waals surface area contributed by atoms with Crippen LogP contribution in [0.4, 0.5) is 0 Å². The Morgan fingerprint density at radius 1 is 1.31 bits per heavy atom. The maximum absolute atomic E-state index is 9.91. The number of hydrogen-bond donors (Lipinski definition) is 1. The third kappa shape index (κ3) is 1.78. The second kappa shape index (κ2) is 4.41. The second-order valence-corrected chi connectivity index (χ2v) is 5.96. The van der Waals surface area contributed by atoms with Gasteiger partial charge in [0.25, 0.3) is 0 Å². The summed E-state index contributed by atoms with van der Waals surface area (Å²) in [6, 6.07) is 0. The molecule has 3 rings (SSSR count). The highest BCUT2D eigenvalue weighted by Gasteiger charge is 2.26. The fourth-order valence-electron chi connectivity index (χ4n) is 2.79. The van der Waals surface area contributed by atoms with Crippen molar-refractivity contribution in [1.29, 1.82) is 0 Å². The lowest BCUT2D eigenvalue weighted by Gasteiger charge is -2.26. The lowest BCUT2D eigenvalue weighted by atomic mass is 10.0. The molecule has 0 aromatic carbocycles. The van der Waals surface area contributed by atoms with Gasteiger partial charge in [0.1, 0.15) is 5.82 Å². The van der Waals surface area contributed by atoms with Gasteiger partial charge < -0.3 is 9.67 Å². The van der Waals surface area contributed by atoms with Crippen molar-refractivity contribution in [3.8, 4) is 0 Å². The lowest BCUT2D eigenvalue weighted by Crippen LogP contribution is -2.20. The van der Waals surface area contributed by atoms with E-state index >= 15 is 0 Å². The molecule has 3 nitrogen and oxygen atoms in total. The number of imidazole rings is 1. The zero-order chi connectivity index (χ0) is 11.0. The topological polar surface area (TPSA) is 38.0 Å². The molecule has 1 N–H and O–H groups in total. The van der Waals surface area contributed by atoms with E-state index in [4.69, 9.17) is 0 Å². The van der Waals surface area contributed by atoms with Gasteiger partial charge in [-0.1, -0.05) is 0 Å². The number of aromatic nitrogens is 2. The number of fused-ring (bicyclic) bond motifs is 1. The average molecular weight is 238 g/mol. The van der Waals surface area contributed by atoms with Gasteiger partial charge in [-0.2, -0.15) is 11.8 Å². The third-order valence-electron chi connectivity index (χ3n) is 3.70. The molecule has 2 aliphatic rings. The van der Waals surface area contributed by atoms with E-state index in [1.165, 1.54) is 30.2 Å². The number of aliphatic hydroxyl groups is 1. The zero-order valence-corrected chi connectivity index (χ0v) is 10.2. The van der Waals surface area contributed by atoms with Crippen molar-refractivity contribution in [2.24, 2.45) is 0 Å². The highest BCUT2D eigenvalue weighted by Crippen LogP contribution is 2.34. The van der Waals surface area contributed by atoms with E-state index in [0.717, 1.165) is 25.1 Å². The molecular weight excluding hydrogens is 220 g/mol. The molecule has 0 spiro atoms. The van der Waals surface area contributed by atoms with Crippen molar-refractivity contribution in [3.05, 3.63) is 17.7 Å². The van der Waals surface area contributed by atoms with Crippen LogP contribution < -0.4 is 0 Å². The molecule has 1 aromatic heterocycles. The summed E-state index contributed by atoms with van der Waals surface area (Å²) >= 11 is 2.05. The lowest BCUT2D eigenvalue weighted by molar-refractivity contribution is 0.138. The van der Waals surface area contributed by atoms with Gasteiger partial charge in [-0.25, -0.2) is 4.98 Å². The first-order chi connectivity index (χ1) is 7.86. The van der Waals surface area contributed by atoms with Crippen LogP contribution in [-0.2, 0) is 6.54 Å². The quantitative estimate of drug-likeness (QED) is 0.816. The Hall–Kier alpha value is -0.480. The molecule has 0 amide bonds. The molecule has 0 saturated carbocycles. The van der Waals surface area contributed by atoms with Crippen LogP contribution in [0.3, 0.4) is 0 Å². The summed E-state index contributed by atoms with van der Waals surface area (Å²) in [4.78, 5) is 4.57. The Morgan fingerprint density at radius 2 is 2.12 bits per heavy atom. The van der Waals surface area contributed by atoms with Crippen LogP contribution in [0.2, 0.25) is 0 Å². The predicted molar refractivity (Wildman–Crippen MR) is 65.7 cm³/mol. The standard InChI is InChI=1S/C12H18N2OS/c15-11-2-1-5-14-10(11)8-13-12(14)9-3-6-16-7-4-9/h8-9,11,15H,1-7H2. The van der Waals surface area contributed by atoms with Gasteiger partial charge in [-0.3, -0.25) is 0 Å². The van der Waals surface area contributed by atoms with Crippen LogP contribution in [0, 0.1) is 0 Å². The molecule has 0 bridgehead atoms. The molecule has 4 heteroatoms. The van der Waals surface area contributed by atoms with Gasteiger partial charge in [-0.15, -0.1) is 0 Å². The van der Waals surface area contributed by atoms with Crippen molar-refractivity contribution in [3.63, 3.8) is 0 Å². The average Bonchev–Trinajstić information content (AvgIpc) is 2.75. The Bertz CT molecular complexity index is 371. The zero-order valence-electron chi connectivity index (χ0n) is 9.43. The fourth-order valence-corrected chi connectivity index (χ4v) is 3.89. The molecule has 1 atom stereocenters. The van der Waals surface area contributed by atoms with Gasteiger partial charge in [0.15, 0.2) is 0 Å². The fraction of sp³-hybridized carbons (Fsp3) is 0.750. The van der Waals surface area contributed by atoms with Crippen molar-refractivity contribution in [2.45, 2.75) is 44.2 Å². The third-order valence-corrected chi connectivity index (χ3v) is 4.75. The van der Waals surface area contributed by atoms with Crippen LogP contribution in [0.25, 0.3) is 0 Å². The highest BCUT2D eigenvalue weighted by molar-refractivity contribution is 7.99. The predicted octanol–water partition coefficient (Wildman–Crippen LogP) is 2.32. The second-order valence-electron chi connectivity index (χ2n) is 4.74. The molecule has 16 heavy (non-hydrogen) atoms. The van der Waals surface area contributed by atoms with Crippen LogP contribution in [0.1, 0.15) is 49.2 Å². The van der Waals surface area contributed by atoms with Crippen molar-refractivity contribution in [1.82, 2.24) is 9.55 Å². The minimum atomic E-state index is -0.284. The van der Waals surface area contributed by atoms with E-state index in [-0.39, 0.29) is 6.10 Å². The van der Waals surface area contributed by atoms with Gasteiger partial charge >= 0.3 is 0 Å². The molecule has 1 saturated heterocycles. The maximum atomic E-state index is 9.91. The smallest absolute Gasteiger partial charge is 0.112 e. The molecule has 1 unspecified atom stereocenters. The molecular formula is C12H18N2OS. The van der Waals surface area contributed by atoms with Crippen LogP contribution in [-0.4, -0.2) is 26.2 Å². The molecule has 2 aliphatic heterocycles. The van der Waals surface area contributed by atoms with E-state index < -0.39 is 0 Å². The Kier molecular flexibility index (Phi) is 2.94. The van der Waals surface area contributed by atoms with Crippen molar-refractivity contribution >= 4 is 11.8 Å². The monoisotopic (exact) mass is 238 g/mol. The number of nitrogens with zero attached hydrogens (tertiary/aromatic N) is 2. The summed E-state index contributed by atoms with van der Waals surface area (Å²) in [5.74, 6) is 4.37. The molecule has 1 aromatic rings. The first kappa shape index (κ1) is 10.7. The first-order valence-electron chi connectivity index (χ1n) is 6.17. The number of rotatable bonds is 1. The highest BCUT2D eigenvalue weighted by atomic mass is 32.2. The van der Waals surface area contributed by atoms with Gasteiger partial charge in [0.05, 0.1) is 18.0 Å². The Labute approximate surface area is 100 Å². The summed E-state index contributed by atoms with van der Waals surface area (Å²) in [5, 5.41) is 9.91. The Balaban J connectivity index is 1.89. The molecule has 88 valence electrons. The largest absolute Gasteiger partial charge is 0.387 e. The minimum absolute atomic E-state index is 0.284. The molecule has 1 fully saturated rings. The van der Waals surface area contributed by atoms with E-state index in [1.807, 2.05) is 18.0 Å². The van der Waals surface area contributed by atoms with Crippen LogP contribution in [0.15, 0.2) is 6.20 Å². The normalized spacial score (nSPS) is 26.7. The van der Waals surface area contributed by atoms with Crippen LogP contribution >= 0.6 is 11.8 Å². The molecule has 0 aliphatic carbocycles. The summed E-state index contributed by atoms with van der Waals surface area (Å²) < 4.78 is 2.27. The Morgan fingerprint density at radius 3 is 2.94 bits per heavy atom. The van der Waals surface area contributed by atoms with E-state index in [2.05, 4.69) is 9.55 Å². The SMILES string of the molecule is OC1CCCn2c1cnc2C1CCSCC1.